The van der Waals surface area contributed by atoms with Crippen molar-refractivity contribution in [2.45, 2.75) is 0 Å². The van der Waals surface area contributed by atoms with Gasteiger partial charge in [-0.05, 0) is 24.3 Å². The fourth-order valence-electron chi connectivity index (χ4n) is 2.26. The number of aromatic nitrogens is 6. The van der Waals surface area contributed by atoms with E-state index in [2.05, 4.69) is 47.9 Å². The lowest BCUT2D eigenvalue weighted by atomic mass is 10.1. The number of halogens is 1. The highest BCUT2D eigenvalue weighted by Crippen LogP contribution is 2.20. The van der Waals surface area contributed by atoms with Crippen molar-refractivity contribution in [2.75, 3.05) is 19.0 Å². The van der Waals surface area contributed by atoms with E-state index in [1.165, 1.54) is 5.69 Å². The Kier molecular flexibility index (Phi) is 5.60. The first kappa shape index (κ1) is 17.6. The SMILES string of the molecule is CN(C)c1ccc(-c2cn[nH]n2)cc1.Clc1cccc(-c2cn[nH]n2)c1. The number of rotatable bonds is 3. The minimum absolute atomic E-state index is 0.704. The first-order valence-corrected chi connectivity index (χ1v) is 8.26. The van der Waals surface area contributed by atoms with Gasteiger partial charge in [-0.15, -0.1) is 0 Å². The van der Waals surface area contributed by atoms with E-state index in [0.717, 1.165) is 22.5 Å². The monoisotopic (exact) mass is 367 g/mol. The second kappa shape index (κ2) is 8.26. The van der Waals surface area contributed by atoms with Gasteiger partial charge in [0.2, 0.25) is 0 Å². The summed E-state index contributed by atoms with van der Waals surface area (Å²) in [4.78, 5) is 2.06. The number of nitrogens with zero attached hydrogens (tertiary/aromatic N) is 5. The summed E-state index contributed by atoms with van der Waals surface area (Å²) < 4.78 is 0. The van der Waals surface area contributed by atoms with Gasteiger partial charge < -0.3 is 4.90 Å². The standard InChI is InChI=1S/C10H12N4.C8H6ClN3/c1-14(2)9-5-3-8(4-6-9)10-7-11-13-12-10;9-7-3-1-2-6(4-7)8-5-10-12-11-8/h3-7H,1-2H3,(H,11,12,13);1-5H,(H,10,11,12). The molecule has 2 aromatic heterocycles. The third-order valence-corrected chi connectivity index (χ3v) is 3.86. The molecule has 2 heterocycles. The molecule has 8 heteroatoms. The van der Waals surface area contributed by atoms with Gasteiger partial charge in [-0.2, -0.15) is 30.8 Å². The normalized spacial score (nSPS) is 10.1. The van der Waals surface area contributed by atoms with E-state index in [9.17, 15) is 0 Å². The number of hydrogen-bond donors (Lipinski definition) is 2. The van der Waals surface area contributed by atoms with Crippen LogP contribution < -0.4 is 4.90 Å². The van der Waals surface area contributed by atoms with Gasteiger partial charge in [0.25, 0.3) is 0 Å². The van der Waals surface area contributed by atoms with Crippen molar-refractivity contribution in [2.24, 2.45) is 0 Å². The maximum atomic E-state index is 5.80. The molecule has 0 aliphatic rings. The van der Waals surface area contributed by atoms with Gasteiger partial charge in [0.1, 0.15) is 11.4 Å². The molecule has 2 N–H and O–H groups in total. The van der Waals surface area contributed by atoms with Gasteiger partial charge in [0, 0.05) is 35.9 Å². The smallest absolute Gasteiger partial charge is 0.112 e. The summed E-state index contributed by atoms with van der Waals surface area (Å²) in [6.07, 6.45) is 3.37. The Morgan fingerprint density at radius 2 is 1.42 bits per heavy atom. The summed E-state index contributed by atoms with van der Waals surface area (Å²) in [5.41, 5.74) is 4.89. The molecular formula is C18H18ClN7. The van der Waals surface area contributed by atoms with Gasteiger partial charge in [0.05, 0.1) is 12.4 Å². The van der Waals surface area contributed by atoms with Crippen LogP contribution in [-0.2, 0) is 0 Å². The quantitative estimate of drug-likeness (QED) is 0.577. The molecule has 0 spiro atoms. The zero-order chi connectivity index (χ0) is 18.4. The zero-order valence-corrected chi connectivity index (χ0v) is 15.1. The van der Waals surface area contributed by atoms with Crippen LogP contribution in [0.1, 0.15) is 0 Å². The molecule has 0 bridgehead atoms. The zero-order valence-electron chi connectivity index (χ0n) is 14.4. The van der Waals surface area contributed by atoms with Gasteiger partial charge in [0.15, 0.2) is 0 Å². The molecule has 0 aliphatic carbocycles. The molecule has 4 aromatic rings. The van der Waals surface area contributed by atoms with E-state index in [1.54, 1.807) is 12.4 Å². The van der Waals surface area contributed by atoms with Gasteiger partial charge in [-0.1, -0.05) is 35.9 Å². The van der Waals surface area contributed by atoms with Crippen LogP contribution in [-0.4, -0.2) is 44.9 Å². The van der Waals surface area contributed by atoms with Crippen LogP contribution in [0, 0.1) is 0 Å². The third-order valence-electron chi connectivity index (χ3n) is 3.63. The molecule has 132 valence electrons. The van der Waals surface area contributed by atoms with Crippen LogP contribution in [0.2, 0.25) is 5.02 Å². The van der Waals surface area contributed by atoms with Crippen LogP contribution in [0.5, 0.6) is 0 Å². The van der Waals surface area contributed by atoms with Gasteiger partial charge >= 0.3 is 0 Å². The molecule has 7 nitrogen and oxygen atoms in total. The van der Waals surface area contributed by atoms with Crippen LogP contribution in [0.4, 0.5) is 5.69 Å². The lowest BCUT2D eigenvalue weighted by Gasteiger charge is -2.11. The molecule has 2 aromatic carbocycles. The topological polar surface area (TPSA) is 86.4 Å². The number of anilines is 1. The second-order valence-electron chi connectivity index (χ2n) is 5.66. The summed E-state index contributed by atoms with van der Waals surface area (Å²) in [7, 11) is 4.04. The fourth-order valence-corrected chi connectivity index (χ4v) is 2.45. The Morgan fingerprint density at radius 1 is 0.808 bits per heavy atom. The van der Waals surface area contributed by atoms with Crippen LogP contribution in [0.3, 0.4) is 0 Å². The largest absolute Gasteiger partial charge is 0.378 e. The van der Waals surface area contributed by atoms with Crippen molar-refractivity contribution in [1.29, 1.82) is 0 Å². The maximum Gasteiger partial charge on any atom is 0.112 e. The summed E-state index contributed by atoms with van der Waals surface area (Å²) in [6.45, 7) is 0. The molecule has 0 aliphatic heterocycles. The summed E-state index contributed by atoms with van der Waals surface area (Å²) in [5.74, 6) is 0. The van der Waals surface area contributed by atoms with Crippen molar-refractivity contribution < 1.29 is 0 Å². The fraction of sp³-hybridized carbons (Fsp3) is 0.111. The molecule has 0 amide bonds. The highest BCUT2D eigenvalue weighted by Gasteiger charge is 2.01. The number of H-pyrrole nitrogens is 2. The number of nitrogens with one attached hydrogen (secondary N) is 2. The van der Waals surface area contributed by atoms with Crippen molar-refractivity contribution >= 4 is 17.3 Å². The van der Waals surface area contributed by atoms with Crippen LogP contribution >= 0.6 is 11.6 Å². The molecule has 4 rings (SSSR count). The van der Waals surface area contributed by atoms with E-state index in [1.807, 2.05) is 50.5 Å². The maximum absolute atomic E-state index is 5.80. The predicted octanol–water partition coefficient (Wildman–Crippen LogP) is 3.66. The van der Waals surface area contributed by atoms with Crippen molar-refractivity contribution in [3.8, 4) is 22.5 Å². The first-order chi connectivity index (χ1) is 12.6. The van der Waals surface area contributed by atoms with E-state index >= 15 is 0 Å². The Hall–Kier alpha value is -3.19. The minimum atomic E-state index is 0.704. The highest BCUT2D eigenvalue weighted by atomic mass is 35.5. The van der Waals surface area contributed by atoms with Crippen molar-refractivity contribution in [3.05, 3.63) is 65.9 Å². The van der Waals surface area contributed by atoms with Gasteiger partial charge in [-0.25, -0.2) is 0 Å². The van der Waals surface area contributed by atoms with E-state index < -0.39 is 0 Å². The summed E-state index contributed by atoms with van der Waals surface area (Å²) >= 11 is 5.80. The summed E-state index contributed by atoms with van der Waals surface area (Å²) in [6, 6.07) is 15.7. The Morgan fingerprint density at radius 3 is 1.92 bits per heavy atom. The first-order valence-electron chi connectivity index (χ1n) is 7.89. The van der Waals surface area contributed by atoms with E-state index in [0.29, 0.717) is 5.02 Å². The predicted molar refractivity (Wildman–Crippen MR) is 103 cm³/mol. The molecule has 0 saturated carbocycles. The van der Waals surface area contributed by atoms with E-state index in [4.69, 9.17) is 11.6 Å². The average Bonchev–Trinajstić information content (AvgIpc) is 3.36. The highest BCUT2D eigenvalue weighted by molar-refractivity contribution is 6.30. The Bertz CT molecular complexity index is 917. The van der Waals surface area contributed by atoms with Crippen molar-refractivity contribution in [1.82, 2.24) is 30.8 Å². The molecular weight excluding hydrogens is 350 g/mol. The molecule has 0 radical (unpaired) electrons. The third kappa shape index (κ3) is 4.46. The Balaban J connectivity index is 0.000000152. The molecule has 26 heavy (non-hydrogen) atoms. The van der Waals surface area contributed by atoms with Gasteiger partial charge in [-0.3, -0.25) is 0 Å². The molecule has 0 atom stereocenters. The number of aromatic amines is 2. The number of benzene rings is 2. The summed E-state index contributed by atoms with van der Waals surface area (Å²) in [5, 5.41) is 21.3. The number of hydrogen-bond acceptors (Lipinski definition) is 5. The lowest BCUT2D eigenvalue weighted by Crippen LogP contribution is -2.07. The molecule has 0 saturated heterocycles. The average molecular weight is 368 g/mol. The Labute approximate surface area is 156 Å². The van der Waals surface area contributed by atoms with Crippen molar-refractivity contribution in [3.63, 3.8) is 0 Å². The van der Waals surface area contributed by atoms with Crippen LogP contribution in [0.15, 0.2) is 60.9 Å². The molecule has 0 unspecified atom stereocenters. The van der Waals surface area contributed by atoms with Crippen LogP contribution in [0.25, 0.3) is 22.5 Å². The van der Waals surface area contributed by atoms with E-state index in [-0.39, 0.29) is 0 Å². The minimum Gasteiger partial charge on any atom is -0.378 e. The second-order valence-corrected chi connectivity index (χ2v) is 6.10. The lowest BCUT2D eigenvalue weighted by molar-refractivity contribution is 0.942. The molecule has 0 fully saturated rings.